The van der Waals surface area contributed by atoms with Crippen LogP contribution in [0.2, 0.25) is 0 Å². The Morgan fingerprint density at radius 2 is 1.35 bits per heavy atom. The first-order valence-electron chi connectivity index (χ1n) is 8.77. The molecule has 0 atom stereocenters. The molecule has 0 saturated carbocycles. The van der Waals surface area contributed by atoms with Crippen molar-refractivity contribution in [2.75, 3.05) is 0 Å². The van der Waals surface area contributed by atoms with Crippen LogP contribution < -0.4 is 0 Å². The fourth-order valence-corrected chi connectivity index (χ4v) is 2.58. The molecule has 136 valence electrons. The summed E-state index contributed by atoms with van der Waals surface area (Å²) in [5.74, 6) is 0.203. The SMILES string of the molecule is CC(=O)C(C)(C)c1ccccc1.CC(C)(c1ccccc1)c1cocn1. The van der Waals surface area contributed by atoms with Crippen LogP contribution in [0.15, 0.2) is 77.7 Å². The molecule has 0 aliphatic rings. The van der Waals surface area contributed by atoms with E-state index in [0.29, 0.717) is 0 Å². The van der Waals surface area contributed by atoms with Crippen LogP contribution in [0.5, 0.6) is 0 Å². The maximum absolute atomic E-state index is 11.3. The number of hydrogen-bond acceptors (Lipinski definition) is 3. The van der Waals surface area contributed by atoms with Gasteiger partial charge in [-0.3, -0.25) is 4.79 Å². The Morgan fingerprint density at radius 3 is 1.77 bits per heavy atom. The van der Waals surface area contributed by atoms with E-state index in [-0.39, 0.29) is 16.6 Å². The number of benzene rings is 2. The van der Waals surface area contributed by atoms with Crippen molar-refractivity contribution in [2.24, 2.45) is 0 Å². The van der Waals surface area contributed by atoms with Crippen LogP contribution in [0.25, 0.3) is 0 Å². The second-order valence-corrected chi connectivity index (χ2v) is 7.41. The van der Waals surface area contributed by atoms with Gasteiger partial charge in [0.1, 0.15) is 12.0 Å². The quantitative estimate of drug-likeness (QED) is 0.620. The summed E-state index contributed by atoms with van der Waals surface area (Å²) in [5, 5.41) is 0. The molecular weight excluding hydrogens is 322 g/mol. The predicted octanol–water partition coefficient (Wildman–Crippen LogP) is 5.55. The van der Waals surface area contributed by atoms with Gasteiger partial charge in [-0.05, 0) is 31.9 Å². The molecule has 1 aromatic heterocycles. The summed E-state index contributed by atoms with van der Waals surface area (Å²) in [7, 11) is 0. The summed E-state index contributed by atoms with van der Waals surface area (Å²) in [4.78, 5) is 15.5. The zero-order chi connectivity index (χ0) is 19.2. The first kappa shape index (κ1) is 19.6. The lowest BCUT2D eigenvalue weighted by Gasteiger charge is -2.22. The molecule has 3 rings (SSSR count). The van der Waals surface area contributed by atoms with Crippen molar-refractivity contribution in [1.29, 1.82) is 0 Å². The Labute approximate surface area is 156 Å². The minimum Gasteiger partial charge on any atom is -0.451 e. The smallest absolute Gasteiger partial charge is 0.180 e. The van der Waals surface area contributed by atoms with Crippen LogP contribution in [0.4, 0.5) is 0 Å². The number of aromatic nitrogens is 1. The van der Waals surface area contributed by atoms with Crippen LogP contribution >= 0.6 is 0 Å². The van der Waals surface area contributed by atoms with Crippen molar-refractivity contribution in [2.45, 2.75) is 45.4 Å². The number of carbonyl (C=O) groups is 1. The molecule has 3 nitrogen and oxygen atoms in total. The highest BCUT2D eigenvalue weighted by Gasteiger charge is 2.25. The molecule has 0 aliphatic carbocycles. The summed E-state index contributed by atoms with van der Waals surface area (Å²) in [6.45, 7) is 9.81. The first-order valence-corrected chi connectivity index (χ1v) is 8.77. The van der Waals surface area contributed by atoms with Gasteiger partial charge in [-0.25, -0.2) is 4.98 Å². The largest absolute Gasteiger partial charge is 0.451 e. The molecule has 0 amide bonds. The number of ketones is 1. The molecule has 1 heterocycles. The summed E-state index contributed by atoms with van der Waals surface area (Å²) >= 11 is 0. The Bertz CT molecular complexity index is 804. The third-order valence-electron chi connectivity index (χ3n) is 4.94. The van der Waals surface area contributed by atoms with Crippen LogP contribution in [0.3, 0.4) is 0 Å². The minimum atomic E-state index is -0.346. The average Bonchev–Trinajstić information content (AvgIpc) is 3.19. The Kier molecular flexibility index (Phi) is 6.14. The number of oxazole rings is 1. The fraction of sp³-hybridized carbons (Fsp3) is 0.304. The molecule has 3 aromatic rings. The highest BCUT2D eigenvalue weighted by atomic mass is 16.3. The van der Waals surface area contributed by atoms with Gasteiger partial charge >= 0.3 is 0 Å². The second kappa shape index (κ2) is 8.13. The van der Waals surface area contributed by atoms with Gasteiger partial charge in [0.2, 0.25) is 0 Å². The van der Waals surface area contributed by atoms with E-state index in [0.717, 1.165) is 11.3 Å². The van der Waals surface area contributed by atoms with E-state index in [4.69, 9.17) is 4.42 Å². The van der Waals surface area contributed by atoms with Crippen LogP contribution in [-0.4, -0.2) is 10.8 Å². The molecule has 0 fully saturated rings. The monoisotopic (exact) mass is 349 g/mol. The molecule has 0 spiro atoms. The zero-order valence-electron chi connectivity index (χ0n) is 16.2. The lowest BCUT2D eigenvalue weighted by molar-refractivity contribution is -0.121. The van der Waals surface area contributed by atoms with E-state index in [9.17, 15) is 4.79 Å². The number of hydrogen-bond donors (Lipinski definition) is 0. The van der Waals surface area contributed by atoms with Gasteiger partial charge in [0.05, 0.1) is 5.69 Å². The Balaban J connectivity index is 0.000000190. The van der Waals surface area contributed by atoms with Crippen molar-refractivity contribution in [1.82, 2.24) is 4.98 Å². The summed E-state index contributed by atoms with van der Waals surface area (Å²) in [6, 6.07) is 20.2. The predicted molar refractivity (Wildman–Crippen MR) is 105 cm³/mol. The zero-order valence-corrected chi connectivity index (χ0v) is 16.2. The van der Waals surface area contributed by atoms with E-state index in [2.05, 4.69) is 31.0 Å². The normalized spacial score (nSPS) is 11.4. The summed E-state index contributed by atoms with van der Waals surface area (Å²) in [6.07, 6.45) is 3.17. The van der Waals surface area contributed by atoms with Gasteiger partial charge in [-0.1, -0.05) is 74.5 Å². The topological polar surface area (TPSA) is 43.1 Å². The molecule has 3 heteroatoms. The second-order valence-electron chi connectivity index (χ2n) is 7.41. The molecule has 0 bridgehead atoms. The van der Waals surface area contributed by atoms with Crippen LogP contribution in [0, 0.1) is 0 Å². The molecule has 0 aliphatic heterocycles. The van der Waals surface area contributed by atoms with Crippen molar-refractivity contribution >= 4 is 5.78 Å². The molecular formula is C23H27NO2. The number of nitrogens with zero attached hydrogens (tertiary/aromatic N) is 1. The van der Waals surface area contributed by atoms with Crippen molar-refractivity contribution in [3.05, 3.63) is 90.1 Å². The van der Waals surface area contributed by atoms with Crippen molar-refractivity contribution in [3.63, 3.8) is 0 Å². The van der Waals surface area contributed by atoms with E-state index >= 15 is 0 Å². The minimum absolute atomic E-state index is 0.0890. The van der Waals surface area contributed by atoms with Gasteiger partial charge in [-0.2, -0.15) is 0 Å². The lowest BCUT2D eigenvalue weighted by Crippen LogP contribution is -2.26. The number of rotatable bonds is 4. The third kappa shape index (κ3) is 4.48. The summed E-state index contributed by atoms with van der Waals surface area (Å²) < 4.78 is 5.01. The third-order valence-corrected chi connectivity index (χ3v) is 4.94. The van der Waals surface area contributed by atoms with Crippen molar-refractivity contribution in [3.8, 4) is 0 Å². The molecule has 0 unspecified atom stereocenters. The fourth-order valence-electron chi connectivity index (χ4n) is 2.58. The maximum atomic E-state index is 11.3. The van der Waals surface area contributed by atoms with Gasteiger partial charge in [-0.15, -0.1) is 0 Å². The van der Waals surface area contributed by atoms with Crippen molar-refractivity contribution < 1.29 is 9.21 Å². The Hall–Kier alpha value is -2.68. The molecule has 2 aromatic carbocycles. The van der Waals surface area contributed by atoms with E-state index in [1.54, 1.807) is 13.2 Å². The van der Waals surface area contributed by atoms with E-state index < -0.39 is 0 Å². The lowest BCUT2D eigenvalue weighted by atomic mass is 9.81. The molecule has 26 heavy (non-hydrogen) atoms. The highest BCUT2D eigenvalue weighted by molar-refractivity contribution is 5.87. The van der Waals surface area contributed by atoms with Crippen LogP contribution in [0.1, 0.15) is 51.4 Å². The van der Waals surface area contributed by atoms with Crippen LogP contribution in [-0.2, 0) is 15.6 Å². The van der Waals surface area contributed by atoms with Gasteiger partial charge < -0.3 is 4.42 Å². The molecule has 0 radical (unpaired) electrons. The average molecular weight is 349 g/mol. The van der Waals surface area contributed by atoms with Gasteiger partial charge in [0, 0.05) is 10.8 Å². The maximum Gasteiger partial charge on any atom is 0.180 e. The molecule has 0 saturated heterocycles. The summed E-state index contributed by atoms with van der Waals surface area (Å²) in [5.41, 5.74) is 2.85. The highest BCUT2D eigenvalue weighted by Crippen LogP contribution is 2.29. The van der Waals surface area contributed by atoms with Gasteiger partial charge in [0.15, 0.2) is 6.39 Å². The number of Topliss-reactive ketones (excluding diaryl/α,β-unsaturated/α-hetero) is 1. The molecule has 0 N–H and O–H groups in total. The van der Waals surface area contributed by atoms with E-state index in [1.165, 1.54) is 12.0 Å². The number of carbonyl (C=O) groups excluding carboxylic acids is 1. The van der Waals surface area contributed by atoms with Gasteiger partial charge in [0.25, 0.3) is 0 Å². The Morgan fingerprint density at radius 1 is 0.846 bits per heavy atom. The standard InChI is InChI=1S/C12H13NO.C11H14O/c1-12(2,11-8-14-9-13-11)10-6-4-3-5-7-10;1-9(12)11(2,3)10-7-5-4-6-8-10/h3-9H,1-2H3;4-8H,1-3H3. The van der Waals surface area contributed by atoms with E-state index in [1.807, 2.05) is 62.4 Å². The first-order chi connectivity index (χ1) is 12.3.